The van der Waals surface area contributed by atoms with Crippen molar-refractivity contribution in [3.8, 4) is 0 Å². The first-order valence-corrected chi connectivity index (χ1v) is 7.18. The summed E-state index contributed by atoms with van der Waals surface area (Å²) in [5.74, 6) is 0.645. The number of carbonyl (C=O) groups is 1. The highest BCUT2D eigenvalue weighted by Crippen LogP contribution is 2.27. The summed E-state index contributed by atoms with van der Waals surface area (Å²) in [5.41, 5.74) is 0. The molecule has 98 valence electrons. The standard InChI is InChI=1S/C14H25NO2/c16-14(17)9-13-7-4-8-15(11-13)10-12-5-2-1-3-6-12/h12-13H,1-11H2,(H,16,17). The van der Waals surface area contributed by atoms with Crippen LogP contribution in [0.4, 0.5) is 0 Å². The highest BCUT2D eigenvalue weighted by molar-refractivity contribution is 5.67. The Morgan fingerprint density at radius 3 is 2.47 bits per heavy atom. The van der Waals surface area contributed by atoms with Gasteiger partial charge >= 0.3 is 5.97 Å². The van der Waals surface area contributed by atoms with E-state index in [0.717, 1.165) is 18.9 Å². The second kappa shape index (κ2) is 6.39. The third-order valence-corrected chi connectivity index (χ3v) is 4.31. The topological polar surface area (TPSA) is 40.5 Å². The predicted octanol–water partition coefficient (Wildman–Crippen LogP) is 2.75. The first kappa shape index (κ1) is 12.9. The molecule has 17 heavy (non-hydrogen) atoms. The lowest BCUT2D eigenvalue weighted by molar-refractivity contribution is -0.138. The lowest BCUT2D eigenvalue weighted by Gasteiger charge is -2.35. The number of hydrogen-bond donors (Lipinski definition) is 1. The molecular formula is C14H25NO2. The van der Waals surface area contributed by atoms with Crippen LogP contribution in [0, 0.1) is 11.8 Å². The Balaban J connectivity index is 1.74. The summed E-state index contributed by atoms with van der Waals surface area (Å²) in [7, 11) is 0. The van der Waals surface area contributed by atoms with Crippen LogP contribution in [0.15, 0.2) is 0 Å². The summed E-state index contributed by atoms with van der Waals surface area (Å²) in [6.45, 7) is 3.42. The maximum Gasteiger partial charge on any atom is 0.303 e. The average molecular weight is 239 g/mol. The highest BCUT2D eigenvalue weighted by Gasteiger charge is 2.24. The second-order valence-corrected chi connectivity index (χ2v) is 5.87. The molecule has 0 spiro atoms. The van der Waals surface area contributed by atoms with Gasteiger partial charge in [0.2, 0.25) is 0 Å². The summed E-state index contributed by atoms with van der Waals surface area (Å²) in [6, 6.07) is 0. The summed E-state index contributed by atoms with van der Waals surface area (Å²) in [5, 5.41) is 8.85. The molecule has 3 nitrogen and oxygen atoms in total. The fourth-order valence-corrected chi connectivity index (χ4v) is 3.47. The Morgan fingerprint density at radius 1 is 1.06 bits per heavy atom. The van der Waals surface area contributed by atoms with Crippen molar-refractivity contribution in [2.24, 2.45) is 11.8 Å². The molecule has 0 amide bonds. The Hall–Kier alpha value is -0.570. The normalized spacial score (nSPS) is 28.1. The van der Waals surface area contributed by atoms with E-state index in [9.17, 15) is 4.79 Å². The Bertz CT molecular complexity index is 249. The minimum absolute atomic E-state index is 0.362. The van der Waals surface area contributed by atoms with Gasteiger partial charge < -0.3 is 10.0 Å². The van der Waals surface area contributed by atoms with Crippen LogP contribution < -0.4 is 0 Å². The van der Waals surface area contributed by atoms with E-state index in [1.54, 1.807) is 0 Å². The number of carboxylic acid groups (broad SMARTS) is 1. The molecule has 2 aliphatic rings. The van der Waals surface area contributed by atoms with Gasteiger partial charge in [-0.15, -0.1) is 0 Å². The van der Waals surface area contributed by atoms with Crippen molar-refractivity contribution in [2.75, 3.05) is 19.6 Å². The Labute approximate surface area is 104 Å². The van der Waals surface area contributed by atoms with E-state index in [1.165, 1.54) is 51.6 Å². The number of rotatable bonds is 4. The molecule has 0 aromatic carbocycles. The molecule has 1 aliphatic heterocycles. The Kier molecular flexibility index (Phi) is 4.84. The van der Waals surface area contributed by atoms with Gasteiger partial charge in [0.05, 0.1) is 0 Å². The molecule has 2 fully saturated rings. The molecule has 0 aromatic heterocycles. The number of nitrogens with zero attached hydrogens (tertiary/aromatic N) is 1. The highest BCUT2D eigenvalue weighted by atomic mass is 16.4. The predicted molar refractivity (Wildman–Crippen MR) is 68.0 cm³/mol. The van der Waals surface area contributed by atoms with Crippen molar-refractivity contribution < 1.29 is 9.90 Å². The summed E-state index contributed by atoms with van der Waals surface area (Å²) < 4.78 is 0. The van der Waals surface area contributed by atoms with Crippen molar-refractivity contribution in [3.05, 3.63) is 0 Å². The van der Waals surface area contributed by atoms with Crippen molar-refractivity contribution in [3.63, 3.8) is 0 Å². The van der Waals surface area contributed by atoms with E-state index in [1.807, 2.05) is 0 Å². The van der Waals surface area contributed by atoms with Gasteiger partial charge in [0, 0.05) is 19.5 Å². The average Bonchev–Trinajstić information content (AvgIpc) is 2.30. The Morgan fingerprint density at radius 2 is 1.76 bits per heavy atom. The van der Waals surface area contributed by atoms with Gasteiger partial charge in [-0.2, -0.15) is 0 Å². The third kappa shape index (κ3) is 4.30. The fraction of sp³-hybridized carbons (Fsp3) is 0.929. The minimum Gasteiger partial charge on any atom is -0.481 e. The third-order valence-electron chi connectivity index (χ3n) is 4.31. The second-order valence-electron chi connectivity index (χ2n) is 5.87. The summed E-state index contributed by atoms with van der Waals surface area (Å²) in [6.07, 6.45) is 9.64. The van der Waals surface area contributed by atoms with Gasteiger partial charge in [0.1, 0.15) is 0 Å². The van der Waals surface area contributed by atoms with E-state index < -0.39 is 5.97 Å². The first-order chi connectivity index (χ1) is 8.24. The number of hydrogen-bond acceptors (Lipinski definition) is 2. The van der Waals surface area contributed by atoms with Crippen molar-refractivity contribution in [1.82, 2.24) is 4.90 Å². The number of carboxylic acids is 1. The molecule has 0 aromatic rings. The lowest BCUT2D eigenvalue weighted by Crippen LogP contribution is -2.39. The van der Waals surface area contributed by atoms with Gasteiger partial charge in [-0.05, 0) is 44.1 Å². The molecule has 1 saturated heterocycles. The van der Waals surface area contributed by atoms with E-state index in [-0.39, 0.29) is 0 Å². The molecule has 1 atom stereocenters. The zero-order chi connectivity index (χ0) is 12.1. The van der Waals surface area contributed by atoms with Gasteiger partial charge in [0.15, 0.2) is 0 Å². The molecular weight excluding hydrogens is 214 g/mol. The summed E-state index contributed by atoms with van der Waals surface area (Å²) in [4.78, 5) is 13.3. The van der Waals surface area contributed by atoms with Crippen molar-refractivity contribution in [2.45, 2.75) is 51.4 Å². The maximum absolute atomic E-state index is 10.7. The van der Waals surface area contributed by atoms with E-state index in [0.29, 0.717) is 12.3 Å². The van der Waals surface area contributed by atoms with Crippen LogP contribution >= 0.6 is 0 Å². The van der Waals surface area contributed by atoms with E-state index in [4.69, 9.17) is 5.11 Å². The summed E-state index contributed by atoms with van der Waals surface area (Å²) >= 11 is 0. The molecule has 3 heteroatoms. The SMILES string of the molecule is O=C(O)CC1CCCN(CC2CCCCC2)C1. The van der Waals surface area contributed by atoms with Gasteiger partial charge in [-0.3, -0.25) is 4.79 Å². The number of likely N-dealkylation sites (tertiary alicyclic amines) is 1. The molecule has 1 heterocycles. The molecule has 1 saturated carbocycles. The van der Waals surface area contributed by atoms with Crippen LogP contribution in [0.2, 0.25) is 0 Å². The fourth-order valence-electron chi connectivity index (χ4n) is 3.47. The molecule has 0 bridgehead atoms. The van der Waals surface area contributed by atoms with Crippen molar-refractivity contribution in [1.29, 1.82) is 0 Å². The van der Waals surface area contributed by atoms with E-state index in [2.05, 4.69) is 4.90 Å². The smallest absolute Gasteiger partial charge is 0.303 e. The lowest BCUT2D eigenvalue weighted by atomic mass is 9.87. The monoisotopic (exact) mass is 239 g/mol. The van der Waals surface area contributed by atoms with Gasteiger partial charge in [-0.1, -0.05) is 19.3 Å². The molecule has 1 N–H and O–H groups in total. The first-order valence-electron chi connectivity index (χ1n) is 7.18. The van der Waals surface area contributed by atoms with Crippen LogP contribution in [0.5, 0.6) is 0 Å². The molecule has 1 aliphatic carbocycles. The van der Waals surface area contributed by atoms with Crippen LogP contribution in [0.1, 0.15) is 51.4 Å². The molecule has 2 rings (SSSR count). The van der Waals surface area contributed by atoms with E-state index >= 15 is 0 Å². The van der Waals surface area contributed by atoms with Crippen LogP contribution in [0.3, 0.4) is 0 Å². The molecule has 0 radical (unpaired) electrons. The maximum atomic E-state index is 10.7. The molecule has 1 unspecified atom stereocenters. The number of piperidine rings is 1. The zero-order valence-electron chi connectivity index (χ0n) is 10.7. The van der Waals surface area contributed by atoms with Crippen LogP contribution in [-0.4, -0.2) is 35.6 Å². The van der Waals surface area contributed by atoms with Crippen LogP contribution in [0.25, 0.3) is 0 Å². The van der Waals surface area contributed by atoms with Gasteiger partial charge in [-0.25, -0.2) is 0 Å². The quantitative estimate of drug-likeness (QED) is 0.820. The number of aliphatic carboxylic acids is 1. The van der Waals surface area contributed by atoms with Crippen LogP contribution in [-0.2, 0) is 4.79 Å². The van der Waals surface area contributed by atoms with Crippen molar-refractivity contribution >= 4 is 5.97 Å². The minimum atomic E-state index is -0.630. The largest absolute Gasteiger partial charge is 0.481 e. The van der Waals surface area contributed by atoms with Gasteiger partial charge in [0.25, 0.3) is 0 Å². The zero-order valence-corrected chi connectivity index (χ0v) is 10.7.